The molecule has 3 nitrogen and oxygen atoms in total. The minimum atomic E-state index is -4.47. The molecule has 104 valence electrons. The Bertz CT molecular complexity index is 498. The second-order valence-corrected chi connectivity index (χ2v) is 5.01. The highest BCUT2D eigenvalue weighted by Crippen LogP contribution is 2.32. The predicted octanol–water partition coefficient (Wildman–Crippen LogP) is 2.78. The molecule has 1 rings (SSSR count). The Hall–Kier alpha value is -1.74. The zero-order chi connectivity index (χ0) is 14.8. The number of benzene rings is 1. The molecule has 1 N–H and O–H groups in total. The summed E-state index contributed by atoms with van der Waals surface area (Å²) in [5.41, 5.74) is -1.58. The van der Waals surface area contributed by atoms with E-state index in [1.54, 1.807) is 31.9 Å². The zero-order valence-electron chi connectivity index (χ0n) is 10.9. The lowest BCUT2D eigenvalue weighted by Crippen LogP contribution is -2.36. The fourth-order valence-electron chi connectivity index (χ4n) is 1.80. The van der Waals surface area contributed by atoms with E-state index in [4.69, 9.17) is 5.26 Å². The van der Waals surface area contributed by atoms with Crippen molar-refractivity contribution in [3.05, 3.63) is 29.3 Å². The molecule has 0 aliphatic rings. The van der Waals surface area contributed by atoms with E-state index in [1.807, 2.05) is 0 Å². The molecule has 0 spiro atoms. The molecule has 0 saturated carbocycles. The van der Waals surface area contributed by atoms with Crippen LogP contribution in [0.3, 0.4) is 0 Å². The number of nitriles is 1. The van der Waals surface area contributed by atoms with Crippen molar-refractivity contribution in [2.24, 2.45) is 0 Å². The van der Waals surface area contributed by atoms with E-state index >= 15 is 0 Å². The van der Waals surface area contributed by atoms with Crippen LogP contribution in [0, 0.1) is 11.3 Å². The van der Waals surface area contributed by atoms with Gasteiger partial charge < -0.3 is 10.0 Å². The number of likely N-dealkylation sites (N-methyl/N-ethyl adjacent to an activating group) is 1. The maximum absolute atomic E-state index is 12.5. The van der Waals surface area contributed by atoms with Gasteiger partial charge >= 0.3 is 6.18 Å². The third kappa shape index (κ3) is 4.14. The van der Waals surface area contributed by atoms with Crippen molar-refractivity contribution in [1.82, 2.24) is 0 Å². The van der Waals surface area contributed by atoms with Gasteiger partial charge in [0.2, 0.25) is 0 Å². The Morgan fingerprint density at radius 1 is 1.32 bits per heavy atom. The Labute approximate surface area is 109 Å². The Kier molecular flexibility index (Phi) is 4.11. The first kappa shape index (κ1) is 15.3. The van der Waals surface area contributed by atoms with Crippen LogP contribution in [0.5, 0.6) is 0 Å². The molecule has 0 heterocycles. The van der Waals surface area contributed by atoms with E-state index in [0.29, 0.717) is 5.69 Å². The summed E-state index contributed by atoms with van der Waals surface area (Å²) in [5.74, 6) is 0. The molecule has 0 unspecified atom stereocenters. The summed E-state index contributed by atoms with van der Waals surface area (Å²) in [6.07, 6.45) is -4.47. The van der Waals surface area contributed by atoms with Crippen LogP contribution in [0.2, 0.25) is 0 Å². The molecule has 0 aliphatic heterocycles. The maximum atomic E-state index is 12.5. The van der Waals surface area contributed by atoms with Gasteiger partial charge in [0.1, 0.15) is 6.07 Å². The first-order valence-corrected chi connectivity index (χ1v) is 5.59. The van der Waals surface area contributed by atoms with Gasteiger partial charge in [0, 0.05) is 13.6 Å². The first-order chi connectivity index (χ1) is 8.54. The highest BCUT2D eigenvalue weighted by atomic mass is 19.4. The third-order valence-corrected chi connectivity index (χ3v) is 2.48. The second kappa shape index (κ2) is 5.10. The summed E-state index contributed by atoms with van der Waals surface area (Å²) >= 11 is 0. The van der Waals surface area contributed by atoms with Crippen LogP contribution in [-0.4, -0.2) is 24.3 Å². The SMILES string of the molecule is CN(CC(C)(C)O)c1ccc(C(F)(F)F)cc1C#N. The van der Waals surface area contributed by atoms with Gasteiger partial charge in [-0.3, -0.25) is 0 Å². The van der Waals surface area contributed by atoms with Crippen molar-refractivity contribution in [2.45, 2.75) is 25.6 Å². The lowest BCUT2D eigenvalue weighted by Gasteiger charge is -2.28. The smallest absolute Gasteiger partial charge is 0.389 e. The van der Waals surface area contributed by atoms with Crippen molar-refractivity contribution in [2.75, 3.05) is 18.5 Å². The lowest BCUT2D eigenvalue weighted by molar-refractivity contribution is -0.137. The molecule has 0 saturated heterocycles. The summed E-state index contributed by atoms with van der Waals surface area (Å²) < 4.78 is 37.6. The molecule has 1 aromatic rings. The van der Waals surface area contributed by atoms with Crippen LogP contribution >= 0.6 is 0 Å². The second-order valence-electron chi connectivity index (χ2n) is 5.01. The number of alkyl halides is 3. The van der Waals surface area contributed by atoms with Gasteiger partial charge in [-0.15, -0.1) is 0 Å². The van der Waals surface area contributed by atoms with Crippen molar-refractivity contribution in [3.8, 4) is 6.07 Å². The fraction of sp³-hybridized carbons (Fsp3) is 0.462. The van der Waals surface area contributed by atoms with Gasteiger partial charge in [0.25, 0.3) is 0 Å². The molecular weight excluding hydrogens is 257 g/mol. The number of hydrogen-bond donors (Lipinski definition) is 1. The largest absolute Gasteiger partial charge is 0.416 e. The lowest BCUT2D eigenvalue weighted by atomic mass is 10.1. The van der Waals surface area contributed by atoms with Crippen LogP contribution in [-0.2, 0) is 6.18 Å². The number of rotatable bonds is 3. The van der Waals surface area contributed by atoms with Gasteiger partial charge in [-0.2, -0.15) is 18.4 Å². The zero-order valence-corrected chi connectivity index (χ0v) is 10.9. The molecule has 0 atom stereocenters. The summed E-state index contributed by atoms with van der Waals surface area (Å²) in [6.45, 7) is 3.37. The minimum Gasteiger partial charge on any atom is -0.389 e. The molecule has 0 amide bonds. The maximum Gasteiger partial charge on any atom is 0.416 e. The molecule has 0 aliphatic carbocycles. The van der Waals surface area contributed by atoms with Gasteiger partial charge in [-0.05, 0) is 32.0 Å². The van der Waals surface area contributed by atoms with Gasteiger partial charge in [-0.25, -0.2) is 0 Å². The van der Waals surface area contributed by atoms with Crippen molar-refractivity contribution >= 4 is 5.69 Å². The van der Waals surface area contributed by atoms with Gasteiger partial charge in [0.05, 0.1) is 22.4 Å². The molecule has 0 radical (unpaired) electrons. The van der Waals surface area contributed by atoms with E-state index in [9.17, 15) is 18.3 Å². The number of aliphatic hydroxyl groups is 1. The summed E-state index contributed by atoms with van der Waals surface area (Å²) in [5, 5.41) is 18.6. The van der Waals surface area contributed by atoms with E-state index in [2.05, 4.69) is 0 Å². The van der Waals surface area contributed by atoms with Crippen LogP contribution in [0.25, 0.3) is 0 Å². The molecule has 1 aromatic carbocycles. The summed E-state index contributed by atoms with van der Waals surface area (Å²) in [6, 6.07) is 4.74. The molecule has 19 heavy (non-hydrogen) atoms. The highest BCUT2D eigenvalue weighted by Gasteiger charge is 2.31. The van der Waals surface area contributed by atoms with Crippen LogP contribution in [0.15, 0.2) is 18.2 Å². The molecule has 6 heteroatoms. The van der Waals surface area contributed by atoms with Crippen molar-refractivity contribution in [1.29, 1.82) is 5.26 Å². The van der Waals surface area contributed by atoms with Gasteiger partial charge in [0.15, 0.2) is 0 Å². The molecular formula is C13H15F3N2O. The Balaban J connectivity index is 3.14. The third-order valence-electron chi connectivity index (χ3n) is 2.48. The Morgan fingerprint density at radius 3 is 2.32 bits per heavy atom. The van der Waals surface area contributed by atoms with E-state index < -0.39 is 17.3 Å². The molecule has 0 fully saturated rings. The first-order valence-electron chi connectivity index (χ1n) is 5.59. The minimum absolute atomic E-state index is 0.0680. The topological polar surface area (TPSA) is 47.3 Å². The van der Waals surface area contributed by atoms with Crippen LogP contribution in [0.4, 0.5) is 18.9 Å². The number of hydrogen-bond acceptors (Lipinski definition) is 3. The monoisotopic (exact) mass is 272 g/mol. The molecule has 0 aromatic heterocycles. The van der Waals surface area contributed by atoms with Crippen LogP contribution in [0.1, 0.15) is 25.0 Å². The number of nitrogens with zero attached hydrogens (tertiary/aromatic N) is 2. The number of anilines is 1. The quantitative estimate of drug-likeness (QED) is 0.920. The van der Waals surface area contributed by atoms with Gasteiger partial charge in [-0.1, -0.05) is 0 Å². The van der Waals surface area contributed by atoms with E-state index in [1.165, 1.54) is 6.07 Å². The van der Waals surface area contributed by atoms with Crippen molar-refractivity contribution in [3.63, 3.8) is 0 Å². The molecule has 0 bridgehead atoms. The normalized spacial score (nSPS) is 12.1. The highest BCUT2D eigenvalue weighted by molar-refractivity contribution is 5.60. The average Bonchev–Trinajstić information content (AvgIpc) is 2.24. The predicted molar refractivity (Wildman–Crippen MR) is 65.7 cm³/mol. The summed E-state index contributed by atoms with van der Waals surface area (Å²) in [7, 11) is 1.61. The summed E-state index contributed by atoms with van der Waals surface area (Å²) in [4.78, 5) is 1.55. The van der Waals surface area contributed by atoms with Crippen molar-refractivity contribution < 1.29 is 18.3 Å². The Morgan fingerprint density at radius 2 is 1.89 bits per heavy atom. The van der Waals surface area contributed by atoms with E-state index in [-0.39, 0.29) is 12.1 Å². The number of halogens is 3. The van der Waals surface area contributed by atoms with E-state index in [0.717, 1.165) is 12.1 Å². The standard InChI is InChI=1S/C13H15F3N2O/c1-12(2,19)8-18(3)11-5-4-10(13(14,15)16)6-9(11)7-17/h4-6,19H,8H2,1-3H3. The average molecular weight is 272 g/mol. The fourth-order valence-corrected chi connectivity index (χ4v) is 1.80. The van der Waals surface area contributed by atoms with Crippen LogP contribution < -0.4 is 4.90 Å².